The summed E-state index contributed by atoms with van der Waals surface area (Å²) in [5, 5.41) is 7.32. The van der Waals surface area contributed by atoms with E-state index in [0.29, 0.717) is 19.6 Å². The van der Waals surface area contributed by atoms with Crippen LogP contribution in [-0.4, -0.2) is 19.1 Å². The van der Waals surface area contributed by atoms with Crippen LogP contribution < -0.4 is 14.8 Å². The molecule has 4 nitrogen and oxygen atoms in total. The first-order valence-electron chi connectivity index (χ1n) is 9.25. The largest absolute Gasteiger partial charge is 0.490 e. The van der Waals surface area contributed by atoms with E-state index in [4.69, 9.17) is 9.47 Å². The minimum absolute atomic E-state index is 0.0557. The maximum atomic E-state index is 12.4. The lowest BCUT2D eigenvalue weighted by Crippen LogP contribution is -2.31. The molecule has 26 heavy (non-hydrogen) atoms. The number of ether oxygens (including phenoxy) is 2. The molecule has 1 unspecified atom stereocenters. The first-order valence-corrected chi connectivity index (χ1v) is 10.2. The van der Waals surface area contributed by atoms with E-state index in [9.17, 15) is 4.79 Å². The molecular weight excluding hydrogens is 346 g/mol. The van der Waals surface area contributed by atoms with E-state index < -0.39 is 0 Å². The third-order valence-corrected chi connectivity index (χ3v) is 4.86. The molecule has 1 N–H and O–H groups in total. The van der Waals surface area contributed by atoms with Gasteiger partial charge in [0.05, 0.1) is 19.3 Å². The second-order valence-corrected chi connectivity index (χ2v) is 7.27. The maximum Gasteiger partial charge on any atom is 0.220 e. The van der Waals surface area contributed by atoms with Crippen LogP contribution in [0.2, 0.25) is 0 Å². The fraction of sp³-hybridized carbons (Fsp3) is 0.476. The van der Waals surface area contributed by atoms with Crippen molar-refractivity contribution in [2.75, 3.05) is 13.2 Å². The summed E-state index contributed by atoms with van der Waals surface area (Å²) in [6.07, 6.45) is 1.27. The predicted molar refractivity (Wildman–Crippen MR) is 107 cm³/mol. The van der Waals surface area contributed by atoms with E-state index in [1.54, 1.807) is 11.3 Å². The van der Waals surface area contributed by atoms with Gasteiger partial charge in [0.1, 0.15) is 0 Å². The van der Waals surface area contributed by atoms with Gasteiger partial charge in [-0.1, -0.05) is 19.9 Å². The number of nitrogens with one attached hydrogen (secondary N) is 1. The van der Waals surface area contributed by atoms with Gasteiger partial charge >= 0.3 is 0 Å². The van der Waals surface area contributed by atoms with Crippen molar-refractivity contribution < 1.29 is 14.3 Å². The van der Waals surface area contributed by atoms with E-state index in [1.165, 1.54) is 5.56 Å². The molecular formula is C21H29NO3S. The molecule has 5 heteroatoms. The number of carbonyl (C=O) groups is 1. The molecule has 0 aliphatic carbocycles. The third-order valence-electron chi connectivity index (χ3n) is 4.13. The van der Waals surface area contributed by atoms with Gasteiger partial charge in [-0.25, -0.2) is 0 Å². The number of aryl methyl sites for hydroxylation is 1. The van der Waals surface area contributed by atoms with Gasteiger partial charge in [-0.05, 0) is 66.3 Å². The fourth-order valence-electron chi connectivity index (χ4n) is 2.83. The van der Waals surface area contributed by atoms with Crippen molar-refractivity contribution in [3.8, 4) is 11.5 Å². The van der Waals surface area contributed by atoms with Crippen LogP contribution in [0.15, 0.2) is 35.0 Å². The molecule has 0 aliphatic heterocycles. The number of thiophene rings is 1. The van der Waals surface area contributed by atoms with Crippen LogP contribution in [0.25, 0.3) is 0 Å². The SMILES string of the molecule is CCOc1ccc(C(NC(=O)CCc2ccsc2)C(C)C)cc1OCC. The first kappa shape index (κ1) is 20.3. The monoisotopic (exact) mass is 375 g/mol. The average Bonchev–Trinajstić information content (AvgIpc) is 3.13. The Kier molecular flexibility index (Phi) is 7.98. The van der Waals surface area contributed by atoms with Crippen LogP contribution in [0.1, 0.15) is 51.3 Å². The molecule has 142 valence electrons. The van der Waals surface area contributed by atoms with Crippen molar-refractivity contribution in [1.82, 2.24) is 5.32 Å². The van der Waals surface area contributed by atoms with Gasteiger partial charge in [0.15, 0.2) is 11.5 Å². The Morgan fingerprint density at radius 1 is 1.12 bits per heavy atom. The summed E-state index contributed by atoms with van der Waals surface area (Å²) in [7, 11) is 0. The average molecular weight is 376 g/mol. The van der Waals surface area contributed by atoms with Gasteiger partial charge in [0.2, 0.25) is 5.91 Å². The van der Waals surface area contributed by atoms with Crippen LogP contribution in [-0.2, 0) is 11.2 Å². The standard InChI is InChI=1S/C21H29NO3S/c1-5-24-18-9-8-17(13-19(18)25-6-2)21(15(3)4)22-20(23)10-7-16-11-12-26-14-16/h8-9,11-15,21H,5-7,10H2,1-4H3,(H,22,23). The van der Waals surface area contributed by atoms with Crippen molar-refractivity contribution >= 4 is 17.2 Å². The third kappa shape index (κ3) is 5.77. The Morgan fingerprint density at radius 2 is 1.85 bits per heavy atom. The van der Waals surface area contributed by atoms with Gasteiger partial charge in [-0.2, -0.15) is 11.3 Å². The summed E-state index contributed by atoms with van der Waals surface area (Å²) in [5.74, 6) is 1.81. The topological polar surface area (TPSA) is 47.6 Å². The Bertz CT molecular complexity index is 683. The summed E-state index contributed by atoms with van der Waals surface area (Å²) in [4.78, 5) is 12.4. The van der Waals surface area contributed by atoms with Gasteiger partial charge in [0.25, 0.3) is 0 Å². The lowest BCUT2D eigenvalue weighted by molar-refractivity contribution is -0.122. The molecule has 1 aromatic carbocycles. The zero-order chi connectivity index (χ0) is 18.9. The van der Waals surface area contributed by atoms with Crippen molar-refractivity contribution in [1.29, 1.82) is 0 Å². The summed E-state index contributed by atoms with van der Waals surface area (Å²) in [6, 6.07) is 7.94. The Labute approximate surface area is 160 Å². The molecule has 0 spiro atoms. The Morgan fingerprint density at radius 3 is 2.46 bits per heavy atom. The van der Waals surface area contributed by atoms with E-state index in [2.05, 4.69) is 30.6 Å². The quantitative estimate of drug-likeness (QED) is 0.636. The molecule has 0 saturated carbocycles. The lowest BCUT2D eigenvalue weighted by atomic mass is 9.95. The highest BCUT2D eigenvalue weighted by Crippen LogP contribution is 2.33. The van der Waals surface area contributed by atoms with E-state index in [-0.39, 0.29) is 17.9 Å². The summed E-state index contributed by atoms with van der Waals surface area (Å²) >= 11 is 1.66. The van der Waals surface area contributed by atoms with Crippen molar-refractivity contribution in [2.45, 2.75) is 46.6 Å². The Hall–Kier alpha value is -2.01. The molecule has 2 rings (SSSR count). The molecule has 1 aromatic heterocycles. The number of rotatable bonds is 10. The maximum absolute atomic E-state index is 12.4. The van der Waals surface area contributed by atoms with Crippen molar-refractivity contribution in [2.24, 2.45) is 5.92 Å². The number of benzene rings is 1. The number of carbonyl (C=O) groups excluding carboxylic acids is 1. The second kappa shape index (κ2) is 10.2. The summed E-state index contributed by atoms with van der Waals surface area (Å²) < 4.78 is 11.4. The van der Waals surface area contributed by atoms with Gasteiger partial charge in [-0.3, -0.25) is 4.79 Å². The van der Waals surface area contributed by atoms with Crippen LogP contribution in [0, 0.1) is 5.92 Å². The van der Waals surface area contributed by atoms with Crippen molar-refractivity contribution in [3.63, 3.8) is 0 Å². The minimum atomic E-state index is -0.0557. The van der Waals surface area contributed by atoms with Crippen LogP contribution in [0.5, 0.6) is 11.5 Å². The fourth-order valence-corrected chi connectivity index (χ4v) is 3.54. The zero-order valence-electron chi connectivity index (χ0n) is 16.1. The first-order chi connectivity index (χ1) is 12.5. The second-order valence-electron chi connectivity index (χ2n) is 6.49. The van der Waals surface area contributed by atoms with E-state index in [1.807, 2.05) is 37.4 Å². The van der Waals surface area contributed by atoms with Gasteiger partial charge in [0, 0.05) is 6.42 Å². The van der Waals surface area contributed by atoms with Crippen LogP contribution in [0.4, 0.5) is 0 Å². The number of hydrogen-bond donors (Lipinski definition) is 1. The predicted octanol–water partition coefficient (Wildman–Crippen LogP) is 4.99. The highest BCUT2D eigenvalue weighted by Gasteiger charge is 2.20. The summed E-state index contributed by atoms with van der Waals surface area (Å²) in [6.45, 7) is 9.29. The van der Waals surface area contributed by atoms with E-state index >= 15 is 0 Å². The molecule has 1 amide bonds. The molecule has 0 radical (unpaired) electrons. The van der Waals surface area contributed by atoms with E-state index in [0.717, 1.165) is 23.5 Å². The van der Waals surface area contributed by atoms with Crippen LogP contribution in [0.3, 0.4) is 0 Å². The number of amides is 1. The van der Waals surface area contributed by atoms with Gasteiger partial charge < -0.3 is 14.8 Å². The highest BCUT2D eigenvalue weighted by atomic mass is 32.1. The summed E-state index contributed by atoms with van der Waals surface area (Å²) in [5.41, 5.74) is 2.25. The smallest absolute Gasteiger partial charge is 0.220 e. The van der Waals surface area contributed by atoms with Crippen LogP contribution >= 0.6 is 11.3 Å². The molecule has 1 heterocycles. The Balaban J connectivity index is 2.10. The molecule has 2 aromatic rings. The lowest BCUT2D eigenvalue weighted by Gasteiger charge is -2.24. The molecule has 0 bridgehead atoms. The molecule has 1 atom stereocenters. The number of hydrogen-bond acceptors (Lipinski definition) is 4. The minimum Gasteiger partial charge on any atom is -0.490 e. The zero-order valence-corrected chi connectivity index (χ0v) is 16.9. The molecule has 0 saturated heterocycles. The highest BCUT2D eigenvalue weighted by molar-refractivity contribution is 7.07. The normalized spacial score (nSPS) is 12.0. The van der Waals surface area contributed by atoms with Gasteiger partial charge in [-0.15, -0.1) is 0 Å². The molecule has 0 aliphatic rings. The van der Waals surface area contributed by atoms with Crippen molar-refractivity contribution in [3.05, 3.63) is 46.2 Å². The molecule has 0 fully saturated rings.